The van der Waals surface area contributed by atoms with Gasteiger partial charge in [0.2, 0.25) is 5.82 Å². The van der Waals surface area contributed by atoms with E-state index in [9.17, 15) is 4.79 Å². The van der Waals surface area contributed by atoms with Crippen LogP contribution in [0.15, 0.2) is 72.8 Å². The molecule has 0 aliphatic rings. The minimum atomic E-state index is -0.941. The Kier molecular flexibility index (Phi) is 6.52. The van der Waals surface area contributed by atoms with Crippen LogP contribution in [0.1, 0.15) is 27.0 Å². The maximum Gasteiger partial charge on any atom is 0.335 e. The van der Waals surface area contributed by atoms with Gasteiger partial charge in [0.25, 0.3) is 0 Å². The highest BCUT2D eigenvalue weighted by Gasteiger charge is 2.08. The van der Waals surface area contributed by atoms with E-state index < -0.39 is 5.97 Å². The number of hydrogen-bond donors (Lipinski definition) is 1. The molecule has 1 heterocycles. The fourth-order valence-corrected chi connectivity index (χ4v) is 3.15. The summed E-state index contributed by atoms with van der Waals surface area (Å²) in [6.45, 7) is 1.31. The van der Waals surface area contributed by atoms with Gasteiger partial charge in [-0.05, 0) is 52.2 Å². The van der Waals surface area contributed by atoms with Crippen LogP contribution in [-0.4, -0.2) is 38.4 Å². The Morgan fingerprint density at radius 3 is 2.38 bits per heavy atom. The van der Waals surface area contributed by atoms with Gasteiger partial charge in [0.15, 0.2) is 0 Å². The van der Waals surface area contributed by atoms with Crippen LogP contribution < -0.4 is 4.74 Å². The van der Waals surface area contributed by atoms with Gasteiger partial charge in [0, 0.05) is 5.56 Å². The summed E-state index contributed by atoms with van der Waals surface area (Å²) in [7, 11) is 1.64. The maximum absolute atomic E-state index is 10.9. The molecule has 0 atom stereocenters. The SMILES string of the molecule is COc1ccc(Cn2nnc(-c3cccc(COCc4ccc(C(=O)O)cc4)c3)n2)cc1. The summed E-state index contributed by atoms with van der Waals surface area (Å²) in [4.78, 5) is 12.5. The molecule has 1 aromatic heterocycles. The molecule has 1 N–H and O–H groups in total. The molecule has 0 bridgehead atoms. The molecule has 0 spiro atoms. The fourth-order valence-electron chi connectivity index (χ4n) is 3.15. The lowest BCUT2D eigenvalue weighted by Crippen LogP contribution is -2.04. The third kappa shape index (κ3) is 5.35. The Bertz CT molecular complexity index is 1190. The second-order valence-electron chi connectivity index (χ2n) is 7.19. The minimum absolute atomic E-state index is 0.258. The number of aromatic carboxylic acids is 1. The predicted octanol–water partition coefficient (Wildman–Crippen LogP) is 3.81. The zero-order valence-electron chi connectivity index (χ0n) is 17.5. The Hall–Kier alpha value is -4.04. The summed E-state index contributed by atoms with van der Waals surface area (Å²) in [6, 6.07) is 22.2. The van der Waals surface area contributed by atoms with Crippen molar-refractivity contribution in [1.29, 1.82) is 0 Å². The highest BCUT2D eigenvalue weighted by atomic mass is 16.5. The largest absolute Gasteiger partial charge is 0.497 e. The highest BCUT2D eigenvalue weighted by Crippen LogP contribution is 2.17. The number of nitrogens with zero attached hydrogens (tertiary/aromatic N) is 4. The van der Waals surface area contributed by atoms with Crippen molar-refractivity contribution in [3.8, 4) is 17.1 Å². The Balaban J connectivity index is 1.35. The first-order chi connectivity index (χ1) is 15.6. The Morgan fingerprint density at radius 2 is 1.66 bits per heavy atom. The lowest BCUT2D eigenvalue weighted by atomic mass is 10.1. The molecule has 0 saturated carbocycles. The number of tetrazole rings is 1. The van der Waals surface area contributed by atoms with Gasteiger partial charge in [-0.1, -0.05) is 42.5 Å². The van der Waals surface area contributed by atoms with Crippen molar-refractivity contribution in [3.63, 3.8) is 0 Å². The zero-order valence-corrected chi connectivity index (χ0v) is 17.5. The molecule has 0 unspecified atom stereocenters. The molecule has 8 heteroatoms. The van der Waals surface area contributed by atoms with Crippen molar-refractivity contribution in [1.82, 2.24) is 20.2 Å². The standard InChI is InChI=1S/C24H22N4O4/c1-31-22-11-7-17(8-12-22)14-28-26-23(25-27-28)21-4-2-3-19(13-21)16-32-15-18-5-9-20(10-6-18)24(29)30/h2-13H,14-16H2,1H3,(H,29,30). The number of benzene rings is 3. The van der Waals surface area contributed by atoms with Gasteiger partial charge in [-0.25, -0.2) is 4.79 Å². The maximum atomic E-state index is 10.9. The molecule has 8 nitrogen and oxygen atoms in total. The average molecular weight is 430 g/mol. The monoisotopic (exact) mass is 430 g/mol. The van der Waals surface area contributed by atoms with Gasteiger partial charge >= 0.3 is 5.97 Å². The number of carboxylic acid groups (broad SMARTS) is 1. The molecular formula is C24H22N4O4. The predicted molar refractivity (Wildman–Crippen MR) is 117 cm³/mol. The summed E-state index contributed by atoms with van der Waals surface area (Å²) < 4.78 is 11.0. The van der Waals surface area contributed by atoms with Crippen LogP contribution in [0.5, 0.6) is 5.75 Å². The molecule has 3 aromatic carbocycles. The molecule has 0 saturated heterocycles. The van der Waals surface area contributed by atoms with Crippen LogP contribution in [0, 0.1) is 0 Å². The molecule has 0 aliphatic heterocycles. The van der Waals surface area contributed by atoms with Crippen molar-refractivity contribution >= 4 is 5.97 Å². The number of carbonyl (C=O) groups is 1. The Labute approximate surface area is 185 Å². The van der Waals surface area contributed by atoms with E-state index >= 15 is 0 Å². The minimum Gasteiger partial charge on any atom is -0.497 e. The van der Waals surface area contributed by atoms with E-state index in [0.29, 0.717) is 25.6 Å². The van der Waals surface area contributed by atoms with Gasteiger partial charge in [0.1, 0.15) is 5.75 Å². The van der Waals surface area contributed by atoms with E-state index in [-0.39, 0.29) is 5.56 Å². The summed E-state index contributed by atoms with van der Waals surface area (Å²) in [5.41, 5.74) is 4.06. The summed E-state index contributed by atoms with van der Waals surface area (Å²) in [5.74, 6) is 0.408. The molecular weight excluding hydrogens is 408 g/mol. The first-order valence-corrected chi connectivity index (χ1v) is 10.0. The van der Waals surface area contributed by atoms with Gasteiger partial charge < -0.3 is 14.6 Å². The van der Waals surface area contributed by atoms with Crippen LogP contribution in [0.3, 0.4) is 0 Å². The lowest BCUT2D eigenvalue weighted by molar-refractivity contribution is 0.0696. The molecule has 0 fully saturated rings. The molecule has 4 aromatic rings. The first kappa shape index (κ1) is 21.2. The van der Waals surface area contributed by atoms with E-state index in [1.54, 1.807) is 36.2 Å². The Morgan fingerprint density at radius 1 is 0.938 bits per heavy atom. The van der Waals surface area contributed by atoms with Crippen molar-refractivity contribution in [2.75, 3.05) is 7.11 Å². The third-order valence-corrected chi connectivity index (χ3v) is 4.86. The van der Waals surface area contributed by atoms with Crippen LogP contribution >= 0.6 is 0 Å². The third-order valence-electron chi connectivity index (χ3n) is 4.86. The fraction of sp³-hybridized carbons (Fsp3) is 0.167. The zero-order chi connectivity index (χ0) is 22.3. The van der Waals surface area contributed by atoms with E-state index in [1.165, 1.54) is 0 Å². The van der Waals surface area contributed by atoms with Gasteiger partial charge in [-0.2, -0.15) is 4.80 Å². The average Bonchev–Trinajstić information content (AvgIpc) is 3.29. The topological polar surface area (TPSA) is 99.4 Å². The van der Waals surface area contributed by atoms with Gasteiger partial charge in [-0.15, -0.1) is 10.2 Å². The van der Waals surface area contributed by atoms with E-state index in [4.69, 9.17) is 14.6 Å². The molecule has 0 aliphatic carbocycles. The molecule has 0 radical (unpaired) electrons. The number of rotatable bonds is 9. The molecule has 4 rings (SSSR count). The van der Waals surface area contributed by atoms with Crippen LogP contribution in [0.25, 0.3) is 11.4 Å². The van der Waals surface area contributed by atoms with Crippen molar-refractivity contribution in [2.45, 2.75) is 19.8 Å². The number of carboxylic acids is 1. The van der Waals surface area contributed by atoms with E-state index in [1.807, 2.05) is 48.5 Å². The van der Waals surface area contributed by atoms with Crippen molar-refractivity contribution in [2.24, 2.45) is 0 Å². The van der Waals surface area contributed by atoms with Crippen molar-refractivity contribution < 1.29 is 19.4 Å². The van der Waals surface area contributed by atoms with E-state index in [2.05, 4.69) is 15.4 Å². The van der Waals surface area contributed by atoms with Crippen molar-refractivity contribution in [3.05, 3.63) is 95.1 Å². The second-order valence-corrected chi connectivity index (χ2v) is 7.19. The van der Waals surface area contributed by atoms with Crippen LogP contribution in [0.2, 0.25) is 0 Å². The quantitative estimate of drug-likeness (QED) is 0.431. The summed E-state index contributed by atoms with van der Waals surface area (Å²) in [5, 5.41) is 21.8. The first-order valence-electron chi connectivity index (χ1n) is 10.0. The second kappa shape index (κ2) is 9.84. The van der Waals surface area contributed by atoms with Gasteiger partial charge in [-0.3, -0.25) is 0 Å². The van der Waals surface area contributed by atoms with Crippen LogP contribution in [-0.2, 0) is 24.5 Å². The number of aromatic nitrogens is 4. The smallest absolute Gasteiger partial charge is 0.335 e. The number of ether oxygens (including phenoxy) is 2. The van der Waals surface area contributed by atoms with E-state index in [0.717, 1.165) is 28.0 Å². The van der Waals surface area contributed by atoms with Gasteiger partial charge in [0.05, 0.1) is 32.4 Å². The molecule has 0 amide bonds. The lowest BCUT2D eigenvalue weighted by Gasteiger charge is -2.06. The summed E-state index contributed by atoms with van der Waals surface area (Å²) in [6.07, 6.45) is 0. The molecule has 162 valence electrons. The highest BCUT2D eigenvalue weighted by molar-refractivity contribution is 5.87. The summed E-state index contributed by atoms with van der Waals surface area (Å²) >= 11 is 0. The normalized spacial score (nSPS) is 10.8. The number of methoxy groups -OCH3 is 1. The van der Waals surface area contributed by atoms with Crippen LogP contribution in [0.4, 0.5) is 0 Å². The molecule has 32 heavy (non-hydrogen) atoms. The number of hydrogen-bond acceptors (Lipinski definition) is 6.